The van der Waals surface area contributed by atoms with Crippen LogP contribution in [0.2, 0.25) is 0 Å². The average molecular weight is 341 g/mol. The Morgan fingerprint density at radius 3 is 2.40 bits per heavy atom. The van der Waals surface area contributed by atoms with Crippen molar-refractivity contribution in [2.24, 2.45) is 0 Å². The number of hydrogen-bond acceptors (Lipinski definition) is 3. The summed E-state index contributed by atoms with van der Waals surface area (Å²) in [7, 11) is 0. The number of benzene rings is 2. The quantitative estimate of drug-likeness (QED) is 0.773. The molecule has 5 heteroatoms. The van der Waals surface area contributed by atoms with Crippen molar-refractivity contribution >= 4 is 11.9 Å². The summed E-state index contributed by atoms with van der Waals surface area (Å²) in [6.45, 7) is 3.80. The first-order chi connectivity index (χ1) is 12.0. The van der Waals surface area contributed by atoms with E-state index in [0.29, 0.717) is 5.75 Å². The second-order valence-electron chi connectivity index (χ2n) is 5.86. The van der Waals surface area contributed by atoms with E-state index in [1.54, 1.807) is 0 Å². The highest BCUT2D eigenvalue weighted by Gasteiger charge is 2.19. The molecule has 2 N–H and O–H groups in total. The number of rotatable bonds is 8. The van der Waals surface area contributed by atoms with Gasteiger partial charge in [-0.3, -0.25) is 9.59 Å². The molecule has 2 rings (SSSR count). The first-order valence-electron chi connectivity index (χ1n) is 8.28. The molecule has 0 spiro atoms. The van der Waals surface area contributed by atoms with Crippen molar-refractivity contribution in [2.75, 3.05) is 6.61 Å². The summed E-state index contributed by atoms with van der Waals surface area (Å²) in [5.41, 5.74) is 2.92. The van der Waals surface area contributed by atoms with Crippen molar-refractivity contribution < 1.29 is 19.4 Å². The lowest BCUT2D eigenvalue weighted by molar-refractivity contribution is -0.137. The van der Waals surface area contributed by atoms with Crippen LogP contribution in [-0.4, -0.2) is 23.6 Å². The van der Waals surface area contributed by atoms with Crippen molar-refractivity contribution in [3.8, 4) is 5.75 Å². The van der Waals surface area contributed by atoms with E-state index in [2.05, 4.69) is 12.2 Å². The first kappa shape index (κ1) is 18.5. The molecule has 0 aromatic heterocycles. The van der Waals surface area contributed by atoms with Crippen LogP contribution in [-0.2, 0) is 16.0 Å². The lowest BCUT2D eigenvalue weighted by Crippen LogP contribution is -2.34. The van der Waals surface area contributed by atoms with Gasteiger partial charge < -0.3 is 15.2 Å². The molecular formula is C20H23NO4. The zero-order chi connectivity index (χ0) is 18.2. The minimum Gasteiger partial charge on any atom is -0.484 e. The van der Waals surface area contributed by atoms with Gasteiger partial charge in [0.05, 0.1) is 12.5 Å². The zero-order valence-electron chi connectivity index (χ0n) is 14.5. The molecular weight excluding hydrogens is 318 g/mol. The third-order valence-electron chi connectivity index (χ3n) is 3.98. The van der Waals surface area contributed by atoms with Gasteiger partial charge in [-0.15, -0.1) is 0 Å². The van der Waals surface area contributed by atoms with E-state index in [-0.39, 0.29) is 18.9 Å². The van der Waals surface area contributed by atoms with E-state index >= 15 is 0 Å². The maximum Gasteiger partial charge on any atom is 0.305 e. The molecule has 0 heterocycles. The summed E-state index contributed by atoms with van der Waals surface area (Å²) in [6, 6.07) is 14.4. The van der Waals surface area contributed by atoms with E-state index in [4.69, 9.17) is 9.84 Å². The summed E-state index contributed by atoms with van der Waals surface area (Å²) in [5.74, 6) is -0.711. The van der Waals surface area contributed by atoms with Gasteiger partial charge in [0.25, 0.3) is 5.91 Å². The van der Waals surface area contributed by atoms with Crippen LogP contribution >= 0.6 is 0 Å². The Bertz CT molecular complexity index is 725. The largest absolute Gasteiger partial charge is 0.484 e. The molecule has 0 fully saturated rings. The van der Waals surface area contributed by atoms with Crippen molar-refractivity contribution in [2.45, 2.75) is 32.7 Å². The number of aliphatic carboxylic acids is 1. The lowest BCUT2D eigenvalue weighted by Gasteiger charge is -2.19. The number of carboxylic acid groups (broad SMARTS) is 1. The smallest absolute Gasteiger partial charge is 0.305 e. The molecule has 0 saturated heterocycles. The van der Waals surface area contributed by atoms with E-state index in [1.165, 1.54) is 5.56 Å². The maximum absolute atomic E-state index is 12.2. The van der Waals surface area contributed by atoms with Crippen molar-refractivity contribution in [1.29, 1.82) is 0 Å². The van der Waals surface area contributed by atoms with Crippen LogP contribution in [0.25, 0.3) is 0 Å². The van der Waals surface area contributed by atoms with Crippen LogP contribution in [0.1, 0.15) is 36.1 Å². The van der Waals surface area contributed by atoms with Gasteiger partial charge in [-0.05, 0) is 42.2 Å². The predicted molar refractivity (Wildman–Crippen MR) is 95.6 cm³/mol. The minimum absolute atomic E-state index is 0.159. The van der Waals surface area contributed by atoms with E-state index in [0.717, 1.165) is 17.5 Å². The number of carboxylic acids is 1. The molecule has 2 aromatic carbocycles. The molecule has 132 valence electrons. The SMILES string of the molecule is CCc1ccc(OCC(=O)NC(CC(=O)O)c2ccccc2C)cc1. The molecule has 1 atom stereocenters. The molecule has 1 unspecified atom stereocenters. The first-order valence-corrected chi connectivity index (χ1v) is 8.28. The van der Waals surface area contributed by atoms with Gasteiger partial charge in [0.1, 0.15) is 5.75 Å². The third-order valence-corrected chi connectivity index (χ3v) is 3.98. The minimum atomic E-state index is -0.968. The number of hydrogen-bond donors (Lipinski definition) is 2. The average Bonchev–Trinajstić information content (AvgIpc) is 2.60. The number of aryl methyl sites for hydroxylation is 2. The Morgan fingerprint density at radius 1 is 1.12 bits per heavy atom. The number of carbonyl (C=O) groups excluding carboxylic acids is 1. The number of ether oxygens (including phenoxy) is 1. The molecule has 0 aliphatic heterocycles. The van der Waals surface area contributed by atoms with Crippen LogP contribution in [0.3, 0.4) is 0 Å². The molecule has 1 amide bonds. The normalized spacial score (nSPS) is 11.6. The van der Waals surface area contributed by atoms with Crippen LogP contribution in [0.15, 0.2) is 48.5 Å². The van der Waals surface area contributed by atoms with Crippen molar-refractivity contribution in [1.82, 2.24) is 5.32 Å². The second-order valence-corrected chi connectivity index (χ2v) is 5.86. The van der Waals surface area contributed by atoms with Gasteiger partial charge in [-0.2, -0.15) is 0 Å². The lowest BCUT2D eigenvalue weighted by atomic mass is 9.99. The summed E-state index contributed by atoms with van der Waals surface area (Å²) in [6.07, 6.45) is 0.760. The molecule has 0 aliphatic rings. The highest BCUT2D eigenvalue weighted by molar-refractivity contribution is 5.79. The van der Waals surface area contributed by atoms with Crippen LogP contribution < -0.4 is 10.1 Å². The van der Waals surface area contributed by atoms with Crippen LogP contribution in [0, 0.1) is 6.92 Å². The van der Waals surface area contributed by atoms with Gasteiger partial charge in [-0.1, -0.05) is 43.3 Å². The third kappa shape index (κ3) is 5.64. The Morgan fingerprint density at radius 2 is 1.80 bits per heavy atom. The summed E-state index contributed by atoms with van der Waals surface area (Å²) in [4.78, 5) is 23.3. The van der Waals surface area contributed by atoms with Gasteiger partial charge in [0, 0.05) is 0 Å². The van der Waals surface area contributed by atoms with Gasteiger partial charge in [0.2, 0.25) is 0 Å². The topological polar surface area (TPSA) is 75.6 Å². The highest BCUT2D eigenvalue weighted by Crippen LogP contribution is 2.20. The summed E-state index contributed by atoms with van der Waals surface area (Å²) >= 11 is 0. The van der Waals surface area contributed by atoms with Crippen LogP contribution in [0.4, 0.5) is 0 Å². The number of amides is 1. The fraction of sp³-hybridized carbons (Fsp3) is 0.300. The fourth-order valence-corrected chi connectivity index (χ4v) is 2.60. The van der Waals surface area contributed by atoms with Gasteiger partial charge >= 0.3 is 5.97 Å². The number of nitrogens with one attached hydrogen (secondary N) is 1. The van der Waals surface area contributed by atoms with Crippen molar-refractivity contribution in [3.05, 3.63) is 65.2 Å². The predicted octanol–water partition coefficient (Wildman–Crippen LogP) is 3.27. The molecule has 0 aliphatic carbocycles. The van der Waals surface area contributed by atoms with Gasteiger partial charge in [-0.25, -0.2) is 0 Å². The Labute approximate surface area is 147 Å². The zero-order valence-corrected chi connectivity index (χ0v) is 14.5. The Kier molecular flexibility index (Phi) is 6.57. The Hall–Kier alpha value is -2.82. The molecule has 25 heavy (non-hydrogen) atoms. The summed E-state index contributed by atoms with van der Waals surface area (Å²) < 4.78 is 5.48. The highest BCUT2D eigenvalue weighted by atomic mass is 16.5. The molecule has 0 saturated carbocycles. The summed E-state index contributed by atoms with van der Waals surface area (Å²) in [5, 5.41) is 11.9. The number of carbonyl (C=O) groups is 2. The molecule has 0 radical (unpaired) electrons. The standard InChI is InChI=1S/C20H23NO4/c1-3-15-8-10-16(11-9-15)25-13-19(22)21-18(12-20(23)24)17-7-5-4-6-14(17)2/h4-11,18H,3,12-13H2,1-2H3,(H,21,22)(H,23,24). The fourth-order valence-electron chi connectivity index (χ4n) is 2.60. The van der Waals surface area contributed by atoms with Gasteiger partial charge in [0.15, 0.2) is 6.61 Å². The van der Waals surface area contributed by atoms with E-state index < -0.39 is 12.0 Å². The van der Waals surface area contributed by atoms with Crippen molar-refractivity contribution in [3.63, 3.8) is 0 Å². The van der Waals surface area contributed by atoms with E-state index in [9.17, 15) is 9.59 Å². The second kappa shape index (κ2) is 8.87. The molecule has 0 bridgehead atoms. The Balaban J connectivity index is 1.99. The maximum atomic E-state index is 12.2. The molecule has 5 nitrogen and oxygen atoms in total. The monoisotopic (exact) mass is 341 g/mol. The molecule has 2 aromatic rings. The van der Waals surface area contributed by atoms with E-state index in [1.807, 2.05) is 55.5 Å². The van der Waals surface area contributed by atoms with Crippen LogP contribution in [0.5, 0.6) is 5.75 Å².